The Morgan fingerprint density at radius 2 is 1.77 bits per heavy atom. The van der Waals surface area contributed by atoms with Gasteiger partial charge in [0, 0.05) is 53.6 Å². The number of imidazole rings is 1. The molecule has 0 aliphatic carbocycles. The van der Waals surface area contributed by atoms with Gasteiger partial charge in [-0.15, -0.1) is 37.2 Å². The highest BCUT2D eigenvalue weighted by Crippen LogP contribution is 2.36. The number of hydrogen-bond acceptors (Lipinski definition) is 9. The van der Waals surface area contributed by atoms with E-state index in [1.54, 1.807) is 36.9 Å². The van der Waals surface area contributed by atoms with Crippen molar-refractivity contribution in [3.05, 3.63) is 81.1 Å². The van der Waals surface area contributed by atoms with Crippen LogP contribution in [-0.2, 0) is 6.42 Å². The van der Waals surface area contributed by atoms with Gasteiger partial charge >= 0.3 is 0 Å². The molecule has 1 unspecified atom stereocenters. The normalized spacial score (nSPS) is 11.2. The number of H-pyrrole nitrogens is 1. The maximum absolute atomic E-state index is 11.0. The Labute approximate surface area is 259 Å². The monoisotopic (exact) mass is 649 g/mol. The van der Waals surface area contributed by atoms with Crippen LogP contribution in [0.4, 0.5) is 11.6 Å². The molecule has 0 amide bonds. The molecule has 3 N–H and O–H groups in total. The van der Waals surface area contributed by atoms with Gasteiger partial charge in [0.25, 0.3) is 5.69 Å². The number of nitrogens with zero attached hydrogens (tertiary/aromatic N) is 7. The van der Waals surface area contributed by atoms with Crippen LogP contribution < -0.4 is 10.6 Å². The maximum Gasteiger partial charge on any atom is 0.287 e. The van der Waals surface area contributed by atoms with Gasteiger partial charge in [-0.3, -0.25) is 15.1 Å². The standard InChI is InChI=1S/C24H25Cl2N9O2.3ClH/c1-33(2)7-8-34(22(27)10-16-4-5-17(11-29-16)35(36)37)24-30-12-19(21-13-28-14-31-21)23(32-24)18-6-3-15(25)9-20(18)26;;;/h3-6,9,11-14,22H,7-8,10,27H2,1-2H3,(H,28,31);3*1H. The van der Waals surface area contributed by atoms with Gasteiger partial charge in [-0.2, -0.15) is 0 Å². The van der Waals surface area contributed by atoms with E-state index < -0.39 is 11.1 Å². The predicted octanol–water partition coefficient (Wildman–Crippen LogP) is 5.30. The lowest BCUT2D eigenvalue weighted by Crippen LogP contribution is -2.47. The Balaban J connectivity index is 0.00000267. The molecule has 40 heavy (non-hydrogen) atoms. The van der Waals surface area contributed by atoms with Gasteiger partial charge in [-0.1, -0.05) is 23.2 Å². The number of likely N-dealkylation sites (N-methyl/N-ethyl adjacent to an activating group) is 1. The molecule has 3 aromatic heterocycles. The molecular weight excluding hydrogens is 624 g/mol. The van der Waals surface area contributed by atoms with Crippen LogP contribution in [0.5, 0.6) is 0 Å². The SMILES string of the molecule is CN(C)CCN(c1ncc(-c2cnc[nH]2)c(-c2ccc(Cl)cc2Cl)n1)C(N)Cc1ccc([N+](=O)[O-])cn1.Cl.Cl.Cl. The minimum absolute atomic E-state index is 0. The summed E-state index contributed by atoms with van der Waals surface area (Å²) in [4.78, 5) is 35.3. The van der Waals surface area contributed by atoms with Gasteiger partial charge in [0.15, 0.2) is 0 Å². The van der Waals surface area contributed by atoms with Crippen LogP contribution in [0.15, 0.2) is 55.2 Å². The van der Waals surface area contributed by atoms with E-state index in [2.05, 4.69) is 19.9 Å². The molecule has 1 atom stereocenters. The Kier molecular flexibility index (Phi) is 14.0. The van der Waals surface area contributed by atoms with Gasteiger partial charge in [0.05, 0.1) is 40.0 Å². The summed E-state index contributed by atoms with van der Waals surface area (Å²) in [6.45, 7) is 1.21. The zero-order valence-electron chi connectivity index (χ0n) is 21.4. The number of pyridine rings is 1. The van der Waals surface area contributed by atoms with Crippen LogP contribution in [0.1, 0.15) is 5.69 Å². The molecule has 0 saturated heterocycles. The fourth-order valence-electron chi connectivity index (χ4n) is 3.69. The van der Waals surface area contributed by atoms with E-state index in [0.717, 1.165) is 5.69 Å². The number of nitrogens with two attached hydrogens (primary N) is 1. The van der Waals surface area contributed by atoms with Crippen molar-refractivity contribution in [2.45, 2.75) is 12.6 Å². The van der Waals surface area contributed by atoms with Gasteiger partial charge in [0.2, 0.25) is 5.95 Å². The van der Waals surface area contributed by atoms with Crippen molar-refractivity contribution in [2.75, 3.05) is 32.1 Å². The Morgan fingerprint density at radius 1 is 1.02 bits per heavy atom. The quantitative estimate of drug-likeness (QED) is 0.133. The van der Waals surface area contributed by atoms with Crippen molar-refractivity contribution in [1.82, 2.24) is 29.8 Å². The molecular formula is C24H28Cl5N9O2. The van der Waals surface area contributed by atoms with Crippen molar-refractivity contribution in [3.8, 4) is 22.5 Å². The molecule has 0 fully saturated rings. The molecule has 3 heterocycles. The molecule has 11 nitrogen and oxygen atoms in total. The predicted molar refractivity (Wildman–Crippen MR) is 165 cm³/mol. The summed E-state index contributed by atoms with van der Waals surface area (Å²) < 4.78 is 0. The van der Waals surface area contributed by atoms with Gasteiger partial charge in [-0.25, -0.2) is 15.0 Å². The number of aromatic nitrogens is 5. The topological polar surface area (TPSA) is 143 Å². The minimum Gasteiger partial charge on any atom is -0.345 e. The van der Waals surface area contributed by atoms with Gasteiger partial charge in [-0.05, 0) is 38.4 Å². The minimum atomic E-state index is -0.555. The molecule has 0 spiro atoms. The summed E-state index contributed by atoms with van der Waals surface area (Å²) >= 11 is 12.7. The first-order valence-corrected chi connectivity index (χ1v) is 12.1. The maximum atomic E-state index is 11.0. The molecule has 1 aromatic carbocycles. The highest BCUT2D eigenvalue weighted by atomic mass is 35.5. The highest BCUT2D eigenvalue weighted by Gasteiger charge is 2.23. The van der Waals surface area contributed by atoms with Crippen LogP contribution in [0.25, 0.3) is 22.5 Å². The van der Waals surface area contributed by atoms with Crippen molar-refractivity contribution in [2.24, 2.45) is 5.73 Å². The number of anilines is 1. The van der Waals surface area contributed by atoms with E-state index in [1.807, 2.05) is 30.0 Å². The second kappa shape index (κ2) is 15.9. The average molecular weight is 652 g/mol. The molecule has 4 aromatic rings. The first kappa shape index (κ1) is 35.3. The van der Waals surface area contributed by atoms with Gasteiger partial charge < -0.3 is 20.5 Å². The van der Waals surface area contributed by atoms with Crippen LogP contribution in [0, 0.1) is 10.1 Å². The number of hydrogen-bond donors (Lipinski definition) is 2. The molecule has 16 heteroatoms. The first-order valence-electron chi connectivity index (χ1n) is 11.3. The largest absolute Gasteiger partial charge is 0.345 e. The Hall–Kier alpha value is -2.77. The van der Waals surface area contributed by atoms with Crippen LogP contribution >= 0.6 is 60.4 Å². The molecule has 216 valence electrons. The lowest BCUT2D eigenvalue weighted by molar-refractivity contribution is -0.385. The molecule has 0 radical (unpaired) electrons. The van der Waals surface area contributed by atoms with E-state index in [1.165, 1.54) is 12.3 Å². The fraction of sp³-hybridized carbons (Fsp3) is 0.250. The second-order valence-electron chi connectivity index (χ2n) is 8.55. The van der Waals surface area contributed by atoms with E-state index >= 15 is 0 Å². The fourth-order valence-corrected chi connectivity index (χ4v) is 4.19. The summed E-state index contributed by atoms with van der Waals surface area (Å²) in [6, 6.07) is 8.23. The van der Waals surface area contributed by atoms with Crippen molar-refractivity contribution >= 4 is 72.1 Å². The second-order valence-corrected chi connectivity index (χ2v) is 9.40. The highest BCUT2D eigenvalue weighted by molar-refractivity contribution is 6.36. The van der Waals surface area contributed by atoms with Crippen molar-refractivity contribution in [1.29, 1.82) is 0 Å². The third kappa shape index (κ3) is 8.61. The Morgan fingerprint density at radius 3 is 2.35 bits per heavy atom. The third-order valence-corrected chi connectivity index (χ3v) is 6.18. The number of nitrogens with one attached hydrogen (secondary N) is 1. The van der Waals surface area contributed by atoms with Gasteiger partial charge in [0.1, 0.15) is 6.20 Å². The number of rotatable bonds is 10. The summed E-state index contributed by atoms with van der Waals surface area (Å²) in [6.07, 6.45) is 5.96. The zero-order valence-corrected chi connectivity index (χ0v) is 25.4. The van der Waals surface area contributed by atoms with E-state index in [9.17, 15) is 10.1 Å². The van der Waals surface area contributed by atoms with Crippen molar-refractivity contribution < 1.29 is 4.92 Å². The van der Waals surface area contributed by atoms with Crippen LogP contribution in [-0.4, -0.2) is 68.1 Å². The lowest BCUT2D eigenvalue weighted by atomic mass is 10.1. The third-order valence-electron chi connectivity index (χ3n) is 5.63. The summed E-state index contributed by atoms with van der Waals surface area (Å²) in [5, 5.41) is 11.9. The number of benzene rings is 1. The van der Waals surface area contributed by atoms with E-state index in [0.29, 0.717) is 58.0 Å². The van der Waals surface area contributed by atoms with Crippen molar-refractivity contribution in [3.63, 3.8) is 0 Å². The zero-order chi connectivity index (χ0) is 26.5. The summed E-state index contributed by atoms with van der Waals surface area (Å²) in [7, 11) is 3.92. The molecule has 0 aliphatic heterocycles. The smallest absolute Gasteiger partial charge is 0.287 e. The van der Waals surface area contributed by atoms with E-state index in [4.69, 9.17) is 33.9 Å². The molecule has 0 aliphatic rings. The lowest BCUT2D eigenvalue weighted by Gasteiger charge is -2.30. The molecule has 0 bridgehead atoms. The molecule has 0 saturated carbocycles. The number of nitro groups is 1. The molecule has 4 rings (SSSR count). The summed E-state index contributed by atoms with van der Waals surface area (Å²) in [5.41, 5.74) is 9.87. The number of aromatic amines is 1. The average Bonchev–Trinajstić information content (AvgIpc) is 3.39. The van der Waals surface area contributed by atoms with Crippen LogP contribution in [0.2, 0.25) is 10.0 Å². The number of halogens is 5. The summed E-state index contributed by atoms with van der Waals surface area (Å²) in [5.74, 6) is 0.403. The van der Waals surface area contributed by atoms with Crippen LogP contribution in [0.3, 0.4) is 0 Å². The first-order chi connectivity index (χ1) is 17.7. The Bertz CT molecular complexity index is 1380. The van der Waals surface area contributed by atoms with E-state index in [-0.39, 0.29) is 42.9 Å².